The Bertz CT molecular complexity index is 589. The Morgan fingerprint density at radius 2 is 1.83 bits per heavy atom. The average Bonchev–Trinajstić information content (AvgIpc) is 2.90. The Labute approximate surface area is 135 Å². The smallest absolute Gasteiger partial charge is 0.389 e. The molecule has 0 bridgehead atoms. The predicted octanol–water partition coefficient (Wildman–Crippen LogP) is 3.31. The average molecular weight is 350 g/mol. The second-order valence-electron chi connectivity index (χ2n) is 5.52. The lowest BCUT2D eigenvalue weighted by Crippen LogP contribution is -2.30. The maximum absolute atomic E-state index is 12.2. The molecule has 0 saturated carbocycles. The quantitative estimate of drug-likeness (QED) is 0.907. The minimum atomic E-state index is -4.41. The molecule has 23 heavy (non-hydrogen) atoms. The van der Waals surface area contributed by atoms with Gasteiger partial charge in [0.1, 0.15) is 0 Å². The second-order valence-corrected chi connectivity index (χ2v) is 5.95. The van der Waals surface area contributed by atoms with Crippen LogP contribution in [0.4, 0.5) is 13.2 Å². The molecule has 1 aromatic carbocycles. The predicted molar refractivity (Wildman–Crippen MR) is 77.2 cm³/mol. The van der Waals surface area contributed by atoms with Crippen LogP contribution in [0, 0.1) is 5.92 Å². The molecule has 1 N–H and O–H groups in total. The van der Waals surface area contributed by atoms with Crippen LogP contribution in [0.5, 0.6) is 0 Å². The molecule has 8 heteroatoms. The molecule has 1 aromatic rings. The molecule has 1 fully saturated rings. The number of halogens is 4. The van der Waals surface area contributed by atoms with Gasteiger partial charge in [0.15, 0.2) is 0 Å². The van der Waals surface area contributed by atoms with Gasteiger partial charge in [-0.3, -0.25) is 9.59 Å². The Kier molecular flexibility index (Phi) is 5.19. The Morgan fingerprint density at radius 3 is 2.35 bits per heavy atom. The summed E-state index contributed by atoms with van der Waals surface area (Å²) in [6, 6.07) is 6.58. The molecule has 1 heterocycles. The number of carbonyl (C=O) groups excluding carboxylic acids is 1. The molecule has 1 saturated heterocycles. The van der Waals surface area contributed by atoms with Crippen LogP contribution in [-0.4, -0.2) is 41.1 Å². The molecule has 4 nitrogen and oxygen atoms in total. The number of carbonyl (C=O) groups is 2. The van der Waals surface area contributed by atoms with Crippen molar-refractivity contribution in [3.05, 3.63) is 34.9 Å². The van der Waals surface area contributed by atoms with Crippen molar-refractivity contribution >= 4 is 23.5 Å². The molecule has 0 radical (unpaired) electrons. The van der Waals surface area contributed by atoms with Crippen molar-refractivity contribution in [2.75, 3.05) is 13.1 Å². The third kappa shape index (κ3) is 4.60. The first-order chi connectivity index (χ1) is 10.7. The van der Waals surface area contributed by atoms with Crippen LogP contribution in [0.15, 0.2) is 24.3 Å². The van der Waals surface area contributed by atoms with Gasteiger partial charge < -0.3 is 10.0 Å². The number of carboxylic acid groups (broad SMARTS) is 1. The minimum Gasteiger partial charge on any atom is -0.481 e. The molecule has 1 amide bonds. The van der Waals surface area contributed by atoms with Gasteiger partial charge in [-0.2, -0.15) is 13.2 Å². The number of hydrogen-bond donors (Lipinski definition) is 1. The topological polar surface area (TPSA) is 57.6 Å². The maximum Gasteiger partial charge on any atom is 0.389 e. The van der Waals surface area contributed by atoms with Gasteiger partial charge in [0.05, 0.1) is 12.3 Å². The van der Waals surface area contributed by atoms with Crippen molar-refractivity contribution < 1.29 is 27.9 Å². The third-order valence-electron chi connectivity index (χ3n) is 3.91. The molecular formula is C15H15ClF3NO3. The molecule has 0 unspecified atom stereocenters. The highest BCUT2D eigenvalue weighted by molar-refractivity contribution is 6.30. The maximum atomic E-state index is 12.2. The van der Waals surface area contributed by atoms with Gasteiger partial charge in [-0.1, -0.05) is 23.7 Å². The standard InChI is InChI=1S/C15H15ClF3NO3/c16-10-3-1-9(2-4-10)11-7-20(8-12(11)14(22)23)13(21)5-6-15(17,18)19/h1-4,11-12H,5-8H2,(H,22,23)/t11-,12+/m0/s1. The van der Waals surface area contributed by atoms with Crippen LogP contribution in [0.3, 0.4) is 0 Å². The van der Waals surface area contributed by atoms with Crippen molar-refractivity contribution in [3.63, 3.8) is 0 Å². The molecule has 1 aliphatic rings. The highest BCUT2D eigenvalue weighted by atomic mass is 35.5. The van der Waals surface area contributed by atoms with Crippen LogP contribution < -0.4 is 0 Å². The molecule has 0 aromatic heterocycles. The fourth-order valence-corrected chi connectivity index (χ4v) is 2.84. The highest BCUT2D eigenvalue weighted by Gasteiger charge is 2.41. The van der Waals surface area contributed by atoms with E-state index in [1.54, 1.807) is 24.3 Å². The summed E-state index contributed by atoms with van der Waals surface area (Å²) in [4.78, 5) is 24.5. The monoisotopic (exact) mass is 349 g/mol. The van der Waals surface area contributed by atoms with Gasteiger partial charge in [-0.05, 0) is 17.7 Å². The molecule has 2 atom stereocenters. The summed E-state index contributed by atoms with van der Waals surface area (Å²) < 4.78 is 36.6. The number of amides is 1. The van der Waals surface area contributed by atoms with Crippen LogP contribution in [0.1, 0.15) is 24.3 Å². The Hall–Kier alpha value is -1.76. The number of nitrogens with zero attached hydrogens (tertiary/aromatic N) is 1. The van der Waals surface area contributed by atoms with E-state index in [4.69, 9.17) is 11.6 Å². The van der Waals surface area contributed by atoms with Crippen LogP contribution >= 0.6 is 11.6 Å². The van der Waals surface area contributed by atoms with E-state index in [9.17, 15) is 27.9 Å². The van der Waals surface area contributed by atoms with Crippen molar-refractivity contribution in [2.24, 2.45) is 5.92 Å². The summed E-state index contributed by atoms with van der Waals surface area (Å²) in [5, 5.41) is 9.81. The Balaban J connectivity index is 2.10. The zero-order valence-corrected chi connectivity index (χ0v) is 12.8. The number of hydrogen-bond acceptors (Lipinski definition) is 2. The SMILES string of the molecule is O=C(O)[C@@H]1CN(C(=O)CCC(F)(F)F)C[C@H]1c1ccc(Cl)cc1. The fourth-order valence-electron chi connectivity index (χ4n) is 2.71. The summed E-state index contributed by atoms with van der Waals surface area (Å²) in [6.07, 6.45) is -6.27. The number of rotatable bonds is 4. The van der Waals surface area contributed by atoms with E-state index in [-0.39, 0.29) is 13.1 Å². The van der Waals surface area contributed by atoms with Crippen molar-refractivity contribution in [1.82, 2.24) is 4.90 Å². The van der Waals surface area contributed by atoms with Crippen LogP contribution in [0.2, 0.25) is 5.02 Å². The molecule has 2 rings (SSSR count). The normalized spacial score (nSPS) is 21.5. The number of benzene rings is 1. The van der Waals surface area contributed by atoms with E-state index in [0.717, 1.165) is 0 Å². The number of alkyl halides is 3. The van der Waals surface area contributed by atoms with Crippen molar-refractivity contribution in [2.45, 2.75) is 24.9 Å². The first kappa shape index (κ1) is 17.6. The van der Waals surface area contributed by atoms with Gasteiger partial charge >= 0.3 is 12.1 Å². The summed E-state index contributed by atoms with van der Waals surface area (Å²) >= 11 is 5.79. The van der Waals surface area contributed by atoms with E-state index in [1.165, 1.54) is 4.90 Å². The highest BCUT2D eigenvalue weighted by Crippen LogP contribution is 2.34. The fraction of sp³-hybridized carbons (Fsp3) is 0.467. The van der Waals surface area contributed by atoms with E-state index < -0.39 is 42.7 Å². The van der Waals surface area contributed by atoms with E-state index in [0.29, 0.717) is 10.6 Å². The molecule has 1 aliphatic heterocycles. The summed E-state index contributed by atoms with van der Waals surface area (Å²) in [5.74, 6) is -3.05. The summed E-state index contributed by atoms with van der Waals surface area (Å²) in [7, 11) is 0. The number of likely N-dealkylation sites (tertiary alicyclic amines) is 1. The first-order valence-corrected chi connectivity index (χ1v) is 7.38. The Morgan fingerprint density at radius 1 is 1.22 bits per heavy atom. The van der Waals surface area contributed by atoms with E-state index >= 15 is 0 Å². The van der Waals surface area contributed by atoms with Gasteiger partial charge in [-0.25, -0.2) is 0 Å². The lowest BCUT2D eigenvalue weighted by atomic mass is 9.89. The lowest BCUT2D eigenvalue weighted by molar-refractivity contribution is -0.149. The van der Waals surface area contributed by atoms with Crippen LogP contribution in [0.25, 0.3) is 0 Å². The second kappa shape index (κ2) is 6.78. The minimum absolute atomic E-state index is 0.0840. The summed E-state index contributed by atoms with van der Waals surface area (Å²) in [6.45, 7) is 0.00854. The lowest BCUT2D eigenvalue weighted by Gasteiger charge is -2.17. The van der Waals surface area contributed by atoms with Crippen molar-refractivity contribution in [1.29, 1.82) is 0 Å². The van der Waals surface area contributed by atoms with Crippen molar-refractivity contribution in [3.8, 4) is 0 Å². The third-order valence-corrected chi connectivity index (χ3v) is 4.16. The van der Waals surface area contributed by atoms with Gasteiger partial charge in [0.25, 0.3) is 0 Å². The van der Waals surface area contributed by atoms with E-state index in [1.807, 2.05) is 0 Å². The zero-order valence-electron chi connectivity index (χ0n) is 12.0. The molecular weight excluding hydrogens is 335 g/mol. The van der Waals surface area contributed by atoms with Gasteiger partial charge in [0.2, 0.25) is 5.91 Å². The number of carboxylic acids is 1. The largest absolute Gasteiger partial charge is 0.481 e. The van der Waals surface area contributed by atoms with E-state index in [2.05, 4.69) is 0 Å². The van der Waals surface area contributed by atoms with Gasteiger partial charge in [0, 0.05) is 30.5 Å². The van der Waals surface area contributed by atoms with Crippen LogP contribution in [-0.2, 0) is 9.59 Å². The molecule has 126 valence electrons. The molecule has 0 spiro atoms. The van der Waals surface area contributed by atoms with Gasteiger partial charge in [-0.15, -0.1) is 0 Å². The first-order valence-electron chi connectivity index (χ1n) is 7.00. The number of aliphatic carboxylic acids is 1. The summed E-state index contributed by atoms with van der Waals surface area (Å²) in [5.41, 5.74) is 0.702. The molecule has 0 aliphatic carbocycles. The zero-order chi connectivity index (χ0) is 17.2.